The molecule has 4 nitrogen and oxygen atoms in total. The van der Waals surface area contributed by atoms with Crippen LogP contribution in [-0.4, -0.2) is 38.8 Å². The third-order valence-corrected chi connectivity index (χ3v) is 22.8. The molecule has 0 heterocycles. The van der Waals surface area contributed by atoms with Crippen LogP contribution in [0.1, 0.15) is 0 Å². The molecule has 6 rings (SSSR count). The van der Waals surface area contributed by atoms with Gasteiger partial charge in [0.05, 0.1) is 0 Å². The summed E-state index contributed by atoms with van der Waals surface area (Å²) in [7, 11) is -13.7. The summed E-state index contributed by atoms with van der Waals surface area (Å²) in [4.78, 5) is 13.2. The minimum atomic E-state index is -3.95. The minimum Gasteiger partial charge on any atom is -0.430 e. The van der Waals surface area contributed by atoms with Crippen molar-refractivity contribution in [2.45, 2.75) is 19.6 Å². The van der Waals surface area contributed by atoms with E-state index >= 15 is 0 Å². The first-order chi connectivity index (χ1) is 22.8. The Bertz CT molecular complexity index is 1720. The molecule has 0 saturated heterocycles. The summed E-state index contributed by atoms with van der Waals surface area (Å²) >= 11 is 0. The number of hydrogen-bond acceptors (Lipinski definition) is 4. The van der Waals surface area contributed by atoms with E-state index in [-0.39, 0.29) is 0 Å². The van der Waals surface area contributed by atoms with Gasteiger partial charge >= 0.3 is 25.7 Å². The van der Waals surface area contributed by atoms with Crippen LogP contribution in [0.25, 0.3) is 0 Å². The van der Waals surface area contributed by atoms with Crippen LogP contribution in [0.3, 0.4) is 0 Å². The van der Waals surface area contributed by atoms with Gasteiger partial charge in [0.1, 0.15) is 0 Å². The first-order valence-corrected chi connectivity index (χ1v) is 24.8. The number of hydrogen-bond donors (Lipinski definition) is 1. The monoisotopic (exact) mass is 684 g/mol. The summed E-state index contributed by atoms with van der Waals surface area (Å²) in [5.41, 5.74) is 0. The Morgan fingerprint density at radius 2 is 0.553 bits per heavy atom. The van der Waals surface area contributed by atoms with Gasteiger partial charge in [-0.2, -0.15) is 0 Å². The van der Waals surface area contributed by atoms with Crippen LogP contribution in [0.4, 0.5) is 0 Å². The predicted molar refractivity (Wildman–Crippen MR) is 203 cm³/mol. The van der Waals surface area contributed by atoms with E-state index in [4.69, 9.17) is 12.3 Å². The highest BCUT2D eigenvalue weighted by Gasteiger charge is 2.59. The van der Waals surface area contributed by atoms with E-state index < -0.39 is 34.0 Å². The predicted octanol–water partition coefficient (Wildman–Crippen LogP) is 4.63. The Balaban J connectivity index is 1.72. The highest BCUT2D eigenvalue weighted by atomic mass is 28.5. The zero-order valence-corrected chi connectivity index (χ0v) is 31.0. The number of rotatable bonds is 12. The smallest absolute Gasteiger partial charge is 0.396 e. The molecule has 6 aromatic carbocycles. The van der Waals surface area contributed by atoms with E-state index in [1.54, 1.807) is 0 Å². The van der Waals surface area contributed by atoms with Crippen molar-refractivity contribution in [1.82, 2.24) is 0 Å². The van der Waals surface area contributed by atoms with Crippen molar-refractivity contribution >= 4 is 65.1 Å². The number of benzene rings is 6. The van der Waals surface area contributed by atoms with Crippen molar-refractivity contribution in [2.75, 3.05) is 0 Å². The van der Waals surface area contributed by atoms with E-state index in [0.29, 0.717) is 0 Å². The van der Waals surface area contributed by atoms with Crippen molar-refractivity contribution in [1.29, 1.82) is 0 Å². The van der Waals surface area contributed by atoms with E-state index in [0.717, 1.165) is 31.1 Å². The second-order valence-electron chi connectivity index (χ2n) is 12.5. The second-order valence-corrected chi connectivity index (χ2v) is 26.4. The first kappa shape index (κ1) is 32.9. The molecule has 0 aliphatic rings. The molecule has 0 radical (unpaired) electrons. The Morgan fingerprint density at radius 3 is 0.809 bits per heavy atom. The molecular formula is C39H40O4Si4. The van der Waals surface area contributed by atoms with Crippen LogP contribution in [0.2, 0.25) is 19.6 Å². The molecule has 0 atom stereocenters. The Morgan fingerprint density at radius 1 is 0.319 bits per heavy atom. The van der Waals surface area contributed by atoms with Crippen LogP contribution in [0.5, 0.6) is 0 Å². The molecule has 0 spiro atoms. The van der Waals surface area contributed by atoms with Crippen LogP contribution < -0.4 is 31.1 Å². The largest absolute Gasteiger partial charge is 0.430 e. The topological polar surface area (TPSA) is 47.9 Å². The maximum atomic E-state index is 13.2. The van der Waals surface area contributed by atoms with Crippen LogP contribution in [0.15, 0.2) is 182 Å². The summed E-state index contributed by atoms with van der Waals surface area (Å²) in [5.74, 6) is 0. The van der Waals surface area contributed by atoms with Gasteiger partial charge in [-0.25, -0.2) is 0 Å². The van der Waals surface area contributed by atoms with E-state index in [1.165, 1.54) is 0 Å². The van der Waals surface area contributed by atoms with Gasteiger partial charge in [0.25, 0.3) is 0 Å². The molecule has 6 aromatic rings. The third kappa shape index (κ3) is 7.01. The Labute approximate surface area is 282 Å². The second kappa shape index (κ2) is 14.0. The Hall–Kier alpha value is -3.97. The van der Waals surface area contributed by atoms with Crippen molar-refractivity contribution < 1.29 is 17.1 Å². The Kier molecular flexibility index (Phi) is 9.83. The molecule has 0 saturated carbocycles. The molecular weight excluding hydrogens is 645 g/mol. The van der Waals surface area contributed by atoms with Gasteiger partial charge in [-0.3, -0.25) is 0 Å². The zero-order chi connectivity index (χ0) is 32.8. The average molecular weight is 685 g/mol. The fourth-order valence-corrected chi connectivity index (χ4v) is 23.3. The lowest BCUT2D eigenvalue weighted by atomic mass is 10.4. The molecule has 0 amide bonds. The maximum absolute atomic E-state index is 13.2. The van der Waals surface area contributed by atoms with E-state index in [1.807, 2.05) is 133 Å². The SMILES string of the molecule is C[Si](C)(C)O[Si](O[Si](O[Si](O)(c1ccccc1)c1ccccc1)(c1ccccc1)c1ccccc1)(c1ccccc1)c1ccccc1. The lowest BCUT2D eigenvalue weighted by Crippen LogP contribution is -2.80. The quantitative estimate of drug-likeness (QED) is 0.191. The highest BCUT2D eigenvalue weighted by Crippen LogP contribution is 2.25. The first-order valence-electron chi connectivity index (χ1n) is 15.9. The molecule has 8 heteroatoms. The molecule has 0 aromatic heterocycles. The maximum Gasteiger partial charge on any atom is 0.396 e. The van der Waals surface area contributed by atoms with Gasteiger partial charge in [-0.15, -0.1) is 0 Å². The summed E-state index contributed by atoms with van der Waals surface area (Å²) in [6.07, 6.45) is 0. The van der Waals surface area contributed by atoms with Gasteiger partial charge in [-0.05, 0) is 50.8 Å². The highest BCUT2D eigenvalue weighted by molar-refractivity contribution is 7.10. The van der Waals surface area contributed by atoms with Crippen molar-refractivity contribution in [3.8, 4) is 0 Å². The van der Waals surface area contributed by atoms with Crippen LogP contribution >= 0.6 is 0 Å². The normalized spacial score (nSPS) is 12.5. The fraction of sp³-hybridized carbons (Fsp3) is 0.0769. The summed E-state index contributed by atoms with van der Waals surface area (Å²) in [5, 5.41) is 5.27. The van der Waals surface area contributed by atoms with Gasteiger partial charge in [0, 0.05) is 0 Å². The zero-order valence-electron chi connectivity index (χ0n) is 27.0. The summed E-state index contributed by atoms with van der Waals surface area (Å²) in [6.45, 7) is 6.62. The summed E-state index contributed by atoms with van der Waals surface area (Å²) in [6, 6.07) is 60.7. The summed E-state index contributed by atoms with van der Waals surface area (Å²) < 4.78 is 23.2. The molecule has 0 aliphatic carbocycles. The molecule has 0 aliphatic heterocycles. The van der Waals surface area contributed by atoms with Crippen molar-refractivity contribution in [3.05, 3.63) is 182 Å². The molecule has 0 fully saturated rings. The van der Waals surface area contributed by atoms with E-state index in [9.17, 15) is 4.80 Å². The van der Waals surface area contributed by atoms with Crippen molar-refractivity contribution in [2.24, 2.45) is 0 Å². The lowest BCUT2D eigenvalue weighted by Gasteiger charge is -2.46. The third-order valence-electron chi connectivity index (χ3n) is 7.97. The van der Waals surface area contributed by atoms with Gasteiger partial charge in [-0.1, -0.05) is 182 Å². The van der Waals surface area contributed by atoms with Gasteiger partial charge in [0.2, 0.25) is 0 Å². The van der Waals surface area contributed by atoms with E-state index in [2.05, 4.69) is 68.2 Å². The average Bonchev–Trinajstić information content (AvgIpc) is 3.12. The molecule has 0 unspecified atom stereocenters. The lowest BCUT2D eigenvalue weighted by molar-refractivity contribution is 0.323. The molecule has 47 heavy (non-hydrogen) atoms. The van der Waals surface area contributed by atoms with Crippen molar-refractivity contribution in [3.63, 3.8) is 0 Å². The van der Waals surface area contributed by atoms with Gasteiger partial charge < -0.3 is 17.1 Å². The van der Waals surface area contributed by atoms with Gasteiger partial charge in [0.15, 0.2) is 8.32 Å². The molecule has 0 bridgehead atoms. The molecule has 236 valence electrons. The standard InChI is InChI=1S/C39H40O4Si4/c1-44(2,3)41-46(36-26-14-6-15-27-36,37-28-16-7-17-29-37)43-47(38-30-18-8-19-31-38,39-32-20-9-21-33-39)42-45(40,34-22-10-4-11-23-34)35-24-12-5-13-25-35/h4-33,40H,1-3H3. The molecule has 1 N–H and O–H groups in total. The fourth-order valence-electron chi connectivity index (χ4n) is 5.93. The minimum absolute atomic E-state index is 0.747. The van der Waals surface area contributed by atoms with Crippen LogP contribution in [0, 0.1) is 0 Å². The van der Waals surface area contributed by atoms with Crippen LogP contribution in [-0.2, 0) is 12.3 Å².